The van der Waals surface area contributed by atoms with Crippen LogP contribution in [-0.2, 0) is 12.8 Å². The van der Waals surface area contributed by atoms with Gasteiger partial charge in [0.15, 0.2) is 0 Å². The molecule has 7 heteroatoms. The fraction of sp³-hybridized carbons (Fsp3) is 0.529. The van der Waals surface area contributed by atoms with E-state index in [0.29, 0.717) is 22.6 Å². The number of aromatic nitrogens is 1. The number of thiophene rings is 1. The van der Waals surface area contributed by atoms with Crippen LogP contribution in [0.25, 0.3) is 10.2 Å². The molecule has 0 radical (unpaired) electrons. The number of carbonyl (C=O) groups is 1. The second kappa shape index (κ2) is 5.07. The van der Waals surface area contributed by atoms with Crippen molar-refractivity contribution < 1.29 is 4.79 Å². The molecule has 0 saturated carbocycles. The smallest absolute Gasteiger partial charge is 0.260 e. The highest BCUT2D eigenvalue weighted by atomic mass is 32.1. The Bertz CT molecular complexity index is 861. The maximum Gasteiger partial charge on any atom is 0.260 e. The quantitative estimate of drug-likeness (QED) is 0.766. The first-order valence-corrected chi connectivity index (χ1v) is 9.48. The highest BCUT2D eigenvalue weighted by molar-refractivity contribution is 7.21. The average molecular weight is 343 g/mol. The van der Waals surface area contributed by atoms with E-state index in [4.69, 9.17) is 16.5 Å². The fourth-order valence-corrected chi connectivity index (χ4v) is 5.61. The molecule has 2 aromatic rings. The van der Waals surface area contributed by atoms with E-state index in [9.17, 15) is 4.79 Å². The van der Waals surface area contributed by atoms with Crippen LogP contribution < -0.4 is 21.7 Å². The number of carbonyl (C=O) groups excluding carboxylic acids is 1. The van der Waals surface area contributed by atoms with Crippen molar-refractivity contribution in [3.63, 3.8) is 0 Å². The molecule has 1 aliphatic carbocycles. The molecule has 24 heavy (non-hydrogen) atoms. The SMILES string of the molecule is NC(=O)c1sc2nc(N3C[C@@H]4C[C@H]3CN4)c3c(c2c1N)CCCC3. The number of nitrogens with two attached hydrogens (primary N) is 2. The van der Waals surface area contributed by atoms with Crippen LogP contribution in [0.1, 0.15) is 40.1 Å². The van der Waals surface area contributed by atoms with E-state index in [-0.39, 0.29) is 0 Å². The van der Waals surface area contributed by atoms with E-state index in [1.54, 1.807) is 0 Å². The third kappa shape index (κ3) is 1.91. The molecule has 2 saturated heterocycles. The van der Waals surface area contributed by atoms with Crippen LogP contribution in [0, 0.1) is 0 Å². The lowest BCUT2D eigenvalue weighted by atomic mass is 9.89. The molecule has 2 fully saturated rings. The number of hydrogen-bond acceptors (Lipinski definition) is 6. The molecule has 5 rings (SSSR count). The number of rotatable bonds is 2. The van der Waals surface area contributed by atoms with Gasteiger partial charge in [0.25, 0.3) is 5.91 Å². The second-order valence-corrected chi connectivity index (χ2v) is 8.14. The Hall–Kier alpha value is -1.86. The van der Waals surface area contributed by atoms with Crippen molar-refractivity contribution in [1.29, 1.82) is 0 Å². The summed E-state index contributed by atoms with van der Waals surface area (Å²) in [6.07, 6.45) is 5.63. The number of piperazine rings is 1. The van der Waals surface area contributed by atoms with Gasteiger partial charge in [-0.1, -0.05) is 0 Å². The zero-order valence-corrected chi connectivity index (χ0v) is 14.3. The molecule has 1 amide bonds. The first kappa shape index (κ1) is 14.5. The molecule has 126 valence electrons. The summed E-state index contributed by atoms with van der Waals surface area (Å²) < 4.78 is 0. The second-order valence-electron chi connectivity index (χ2n) is 7.14. The van der Waals surface area contributed by atoms with Crippen LogP contribution in [0.3, 0.4) is 0 Å². The molecule has 0 spiro atoms. The van der Waals surface area contributed by atoms with Crippen molar-refractivity contribution in [3.05, 3.63) is 16.0 Å². The van der Waals surface area contributed by atoms with Gasteiger partial charge in [0.05, 0.1) is 5.69 Å². The molecule has 2 aromatic heterocycles. The fourth-order valence-electron chi connectivity index (χ4n) is 4.63. The number of primary amides is 1. The number of hydrogen-bond donors (Lipinski definition) is 3. The van der Waals surface area contributed by atoms with Gasteiger partial charge in [0.1, 0.15) is 15.5 Å². The summed E-state index contributed by atoms with van der Waals surface area (Å²) in [6, 6.07) is 1.13. The van der Waals surface area contributed by atoms with E-state index < -0.39 is 5.91 Å². The topological polar surface area (TPSA) is 97.3 Å². The molecule has 3 aliphatic rings. The number of anilines is 2. The van der Waals surface area contributed by atoms with E-state index in [0.717, 1.165) is 42.0 Å². The van der Waals surface area contributed by atoms with Gasteiger partial charge in [-0.15, -0.1) is 11.3 Å². The minimum atomic E-state index is -0.453. The van der Waals surface area contributed by atoms with Crippen molar-refractivity contribution in [2.24, 2.45) is 5.73 Å². The number of pyridine rings is 1. The van der Waals surface area contributed by atoms with E-state index in [1.807, 2.05) is 0 Å². The van der Waals surface area contributed by atoms with Gasteiger partial charge in [0, 0.05) is 30.6 Å². The summed E-state index contributed by atoms with van der Waals surface area (Å²) in [5.41, 5.74) is 15.0. The molecule has 4 heterocycles. The summed E-state index contributed by atoms with van der Waals surface area (Å²) >= 11 is 1.34. The molecule has 2 atom stereocenters. The first-order chi connectivity index (χ1) is 11.6. The summed E-state index contributed by atoms with van der Waals surface area (Å²) in [5.74, 6) is 0.675. The number of nitrogens with one attached hydrogen (secondary N) is 1. The van der Waals surface area contributed by atoms with Gasteiger partial charge in [-0.3, -0.25) is 4.79 Å². The van der Waals surface area contributed by atoms with Gasteiger partial charge in [-0.25, -0.2) is 4.98 Å². The Morgan fingerprint density at radius 3 is 2.75 bits per heavy atom. The van der Waals surface area contributed by atoms with Crippen molar-refractivity contribution >= 4 is 39.0 Å². The van der Waals surface area contributed by atoms with Crippen LogP contribution in [0.4, 0.5) is 11.5 Å². The van der Waals surface area contributed by atoms with Crippen molar-refractivity contribution in [2.75, 3.05) is 23.7 Å². The van der Waals surface area contributed by atoms with Crippen molar-refractivity contribution in [2.45, 2.75) is 44.2 Å². The number of amides is 1. The molecule has 0 unspecified atom stereocenters. The summed E-state index contributed by atoms with van der Waals surface area (Å²) in [7, 11) is 0. The minimum absolute atomic E-state index is 0.451. The lowest BCUT2D eigenvalue weighted by Gasteiger charge is -2.32. The molecular weight excluding hydrogens is 322 g/mol. The van der Waals surface area contributed by atoms with Gasteiger partial charge in [-0.05, 0) is 43.2 Å². The van der Waals surface area contributed by atoms with Crippen molar-refractivity contribution in [3.8, 4) is 0 Å². The third-order valence-corrected chi connectivity index (χ3v) is 6.84. The number of nitrogens with zero attached hydrogens (tertiary/aromatic N) is 2. The highest BCUT2D eigenvalue weighted by Crippen LogP contribution is 2.43. The number of nitrogen functional groups attached to an aromatic ring is 1. The lowest BCUT2D eigenvalue weighted by molar-refractivity contribution is 0.100. The molecular formula is C17H21N5OS. The minimum Gasteiger partial charge on any atom is -0.397 e. The van der Waals surface area contributed by atoms with Gasteiger partial charge in [-0.2, -0.15) is 0 Å². The predicted molar refractivity (Wildman–Crippen MR) is 96.7 cm³/mol. The Kier molecular flexibility index (Phi) is 3.06. The van der Waals surface area contributed by atoms with Crippen molar-refractivity contribution in [1.82, 2.24) is 10.3 Å². The summed E-state index contributed by atoms with van der Waals surface area (Å²) in [4.78, 5) is 20.5. The van der Waals surface area contributed by atoms with Gasteiger partial charge < -0.3 is 21.7 Å². The molecule has 6 nitrogen and oxygen atoms in total. The molecule has 5 N–H and O–H groups in total. The summed E-state index contributed by atoms with van der Waals surface area (Å²) in [6.45, 7) is 2.07. The number of aryl methyl sites for hydroxylation is 1. The Morgan fingerprint density at radius 2 is 2.08 bits per heavy atom. The highest BCUT2D eigenvalue weighted by Gasteiger charge is 2.40. The third-order valence-electron chi connectivity index (χ3n) is 5.73. The average Bonchev–Trinajstić information content (AvgIpc) is 3.28. The Morgan fingerprint density at radius 1 is 1.29 bits per heavy atom. The monoisotopic (exact) mass is 343 g/mol. The summed E-state index contributed by atoms with van der Waals surface area (Å²) in [5, 5.41) is 4.53. The largest absolute Gasteiger partial charge is 0.397 e. The molecule has 2 bridgehead atoms. The number of fused-ring (bicyclic) bond motifs is 5. The lowest BCUT2D eigenvalue weighted by Crippen LogP contribution is -2.44. The van der Waals surface area contributed by atoms with Gasteiger partial charge >= 0.3 is 0 Å². The van der Waals surface area contributed by atoms with Gasteiger partial charge in [0.2, 0.25) is 0 Å². The van der Waals surface area contributed by atoms with E-state index in [1.165, 1.54) is 41.7 Å². The molecule has 2 aliphatic heterocycles. The predicted octanol–water partition coefficient (Wildman–Crippen LogP) is 1.41. The van der Waals surface area contributed by atoms with E-state index >= 15 is 0 Å². The zero-order valence-electron chi connectivity index (χ0n) is 13.5. The van der Waals surface area contributed by atoms with Crippen LogP contribution in [0.5, 0.6) is 0 Å². The Labute approximate surface area is 144 Å². The molecule has 0 aromatic carbocycles. The van der Waals surface area contributed by atoms with Crippen LogP contribution in [0.15, 0.2) is 0 Å². The van der Waals surface area contributed by atoms with Crippen LogP contribution in [-0.4, -0.2) is 36.1 Å². The van der Waals surface area contributed by atoms with Crippen LogP contribution in [0.2, 0.25) is 0 Å². The standard InChI is InChI=1S/C17H21N5OS/c18-13-12-10-3-1-2-4-11(10)16(21-17(12)24-14(13)15(19)23)22-7-8-5-9(22)6-20-8/h8-9,20H,1-7,18H2,(H2,19,23)/t8-,9-/m0/s1. The first-order valence-electron chi connectivity index (χ1n) is 8.67. The van der Waals surface area contributed by atoms with E-state index in [2.05, 4.69) is 10.2 Å². The Balaban J connectivity index is 1.74. The normalized spacial score (nSPS) is 25.4. The maximum atomic E-state index is 11.7. The zero-order chi connectivity index (χ0) is 16.4. The maximum absolute atomic E-state index is 11.7. The van der Waals surface area contributed by atoms with Crippen LogP contribution >= 0.6 is 11.3 Å².